The van der Waals surface area contributed by atoms with E-state index in [1.807, 2.05) is 0 Å². The minimum atomic E-state index is -0.575. The SMILES string of the molecule is O=C(c1cc(Cl)cc([N+](=O)[O-])c1)N1CCCCCC1CO. The lowest BCUT2D eigenvalue weighted by Gasteiger charge is -2.28. The highest BCUT2D eigenvalue weighted by atomic mass is 35.5. The lowest BCUT2D eigenvalue weighted by Crippen LogP contribution is -2.42. The number of halogens is 1. The number of hydrogen-bond donors (Lipinski definition) is 1. The first-order valence-corrected chi connectivity index (χ1v) is 7.27. The highest BCUT2D eigenvalue weighted by Gasteiger charge is 2.27. The standard InChI is InChI=1S/C14H17ClN2O4/c15-11-6-10(7-13(8-11)17(20)21)14(19)16-5-3-1-2-4-12(16)9-18/h6-8,12,18H,1-5,9H2. The van der Waals surface area contributed by atoms with Crippen LogP contribution in [-0.2, 0) is 0 Å². The fourth-order valence-electron chi connectivity index (χ4n) is 2.60. The van der Waals surface area contributed by atoms with Gasteiger partial charge in [0, 0.05) is 29.3 Å². The third-order valence-electron chi connectivity index (χ3n) is 3.69. The second kappa shape index (κ2) is 6.87. The van der Waals surface area contributed by atoms with Crippen molar-refractivity contribution in [2.24, 2.45) is 0 Å². The fourth-order valence-corrected chi connectivity index (χ4v) is 2.83. The predicted octanol–water partition coefficient (Wildman–Crippen LogP) is 2.63. The minimum Gasteiger partial charge on any atom is -0.394 e. The normalized spacial score (nSPS) is 19.1. The maximum Gasteiger partial charge on any atom is 0.271 e. The Kier molecular flexibility index (Phi) is 5.14. The Morgan fingerprint density at radius 3 is 2.81 bits per heavy atom. The maximum absolute atomic E-state index is 12.6. The number of hydrogen-bond acceptors (Lipinski definition) is 4. The molecule has 0 bridgehead atoms. The molecule has 1 aliphatic rings. The molecule has 1 aromatic rings. The van der Waals surface area contributed by atoms with Crippen molar-refractivity contribution in [1.82, 2.24) is 4.90 Å². The molecule has 1 amide bonds. The number of carbonyl (C=O) groups is 1. The van der Waals surface area contributed by atoms with Gasteiger partial charge in [-0.25, -0.2) is 0 Å². The van der Waals surface area contributed by atoms with Crippen molar-refractivity contribution >= 4 is 23.2 Å². The number of nitrogens with zero attached hydrogens (tertiary/aromatic N) is 2. The third kappa shape index (κ3) is 3.71. The van der Waals surface area contributed by atoms with Gasteiger partial charge in [-0.2, -0.15) is 0 Å². The van der Waals surface area contributed by atoms with E-state index in [4.69, 9.17) is 11.6 Å². The zero-order valence-electron chi connectivity index (χ0n) is 11.5. The molecular weight excluding hydrogens is 296 g/mol. The molecule has 1 unspecified atom stereocenters. The van der Waals surface area contributed by atoms with Crippen LogP contribution in [-0.4, -0.2) is 40.0 Å². The molecule has 1 aliphatic heterocycles. The molecule has 0 aliphatic carbocycles. The number of carbonyl (C=O) groups excluding carboxylic acids is 1. The fraction of sp³-hybridized carbons (Fsp3) is 0.500. The predicted molar refractivity (Wildman–Crippen MR) is 78.5 cm³/mol. The van der Waals surface area contributed by atoms with E-state index < -0.39 is 4.92 Å². The van der Waals surface area contributed by atoms with E-state index in [2.05, 4.69) is 0 Å². The van der Waals surface area contributed by atoms with Gasteiger partial charge in [-0.05, 0) is 18.9 Å². The second-order valence-electron chi connectivity index (χ2n) is 5.14. The molecule has 21 heavy (non-hydrogen) atoms. The molecule has 1 N–H and O–H groups in total. The van der Waals surface area contributed by atoms with E-state index in [0.717, 1.165) is 25.7 Å². The minimum absolute atomic E-state index is 0.103. The smallest absolute Gasteiger partial charge is 0.271 e. The Labute approximate surface area is 127 Å². The maximum atomic E-state index is 12.6. The lowest BCUT2D eigenvalue weighted by molar-refractivity contribution is -0.384. The highest BCUT2D eigenvalue weighted by Crippen LogP contribution is 2.24. The number of likely N-dealkylation sites (tertiary alicyclic amines) is 1. The third-order valence-corrected chi connectivity index (χ3v) is 3.91. The van der Waals surface area contributed by atoms with Gasteiger partial charge in [0.25, 0.3) is 11.6 Å². The van der Waals surface area contributed by atoms with Crippen LogP contribution in [0.1, 0.15) is 36.0 Å². The van der Waals surface area contributed by atoms with Crippen LogP contribution >= 0.6 is 11.6 Å². The van der Waals surface area contributed by atoms with Gasteiger partial charge in [0.15, 0.2) is 0 Å². The first-order chi connectivity index (χ1) is 10.0. The molecule has 1 fully saturated rings. The largest absolute Gasteiger partial charge is 0.394 e. The Morgan fingerprint density at radius 2 is 2.14 bits per heavy atom. The molecule has 1 saturated heterocycles. The molecule has 0 spiro atoms. The topological polar surface area (TPSA) is 83.7 Å². The van der Waals surface area contributed by atoms with Crippen LogP contribution < -0.4 is 0 Å². The van der Waals surface area contributed by atoms with E-state index >= 15 is 0 Å². The molecule has 7 heteroatoms. The first kappa shape index (κ1) is 15.7. The Balaban J connectivity index is 2.31. The van der Waals surface area contributed by atoms with Crippen LogP contribution in [0.4, 0.5) is 5.69 Å². The number of non-ortho nitro benzene ring substituents is 1. The Hall–Kier alpha value is -1.66. The number of rotatable bonds is 3. The highest BCUT2D eigenvalue weighted by molar-refractivity contribution is 6.31. The summed E-state index contributed by atoms with van der Waals surface area (Å²) < 4.78 is 0. The van der Waals surface area contributed by atoms with Crippen LogP contribution in [0.15, 0.2) is 18.2 Å². The summed E-state index contributed by atoms with van der Waals surface area (Å²) in [7, 11) is 0. The van der Waals surface area contributed by atoms with Gasteiger partial charge in [-0.15, -0.1) is 0 Å². The van der Waals surface area contributed by atoms with E-state index in [1.54, 1.807) is 4.90 Å². The van der Waals surface area contributed by atoms with Crippen molar-refractivity contribution in [3.63, 3.8) is 0 Å². The summed E-state index contributed by atoms with van der Waals surface area (Å²) in [6.07, 6.45) is 3.58. The zero-order chi connectivity index (χ0) is 15.4. The van der Waals surface area contributed by atoms with E-state index in [1.165, 1.54) is 18.2 Å². The zero-order valence-corrected chi connectivity index (χ0v) is 12.3. The number of benzene rings is 1. The number of amides is 1. The summed E-state index contributed by atoms with van der Waals surface area (Å²) in [5.41, 5.74) is -0.0178. The van der Waals surface area contributed by atoms with Crippen molar-refractivity contribution < 1.29 is 14.8 Å². The van der Waals surface area contributed by atoms with Crippen LogP contribution in [0.3, 0.4) is 0 Å². The summed E-state index contributed by atoms with van der Waals surface area (Å²) in [5, 5.41) is 20.5. The average Bonchev–Trinajstić information content (AvgIpc) is 2.70. The van der Waals surface area contributed by atoms with Gasteiger partial charge in [-0.3, -0.25) is 14.9 Å². The van der Waals surface area contributed by atoms with Gasteiger partial charge in [0.05, 0.1) is 17.6 Å². The number of aliphatic hydroxyl groups excluding tert-OH is 1. The molecule has 0 aromatic heterocycles. The van der Waals surface area contributed by atoms with Crippen LogP contribution in [0, 0.1) is 10.1 Å². The van der Waals surface area contributed by atoms with Gasteiger partial charge < -0.3 is 10.0 Å². The average molecular weight is 313 g/mol. The van der Waals surface area contributed by atoms with Crippen molar-refractivity contribution in [2.75, 3.05) is 13.2 Å². The van der Waals surface area contributed by atoms with Crippen LogP contribution in [0.25, 0.3) is 0 Å². The summed E-state index contributed by atoms with van der Waals surface area (Å²) in [5.74, 6) is -0.318. The van der Waals surface area contributed by atoms with Gasteiger partial charge in [-0.1, -0.05) is 24.4 Å². The number of aliphatic hydroxyl groups is 1. The quantitative estimate of drug-likeness (QED) is 0.687. The van der Waals surface area contributed by atoms with Gasteiger partial charge in [0.1, 0.15) is 0 Å². The molecular formula is C14H17ClN2O4. The monoisotopic (exact) mass is 312 g/mol. The molecule has 1 heterocycles. The molecule has 1 aromatic carbocycles. The lowest BCUT2D eigenvalue weighted by atomic mass is 10.1. The van der Waals surface area contributed by atoms with E-state index in [0.29, 0.717) is 6.54 Å². The molecule has 0 saturated carbocycles. The molecule has 1 atom stereocenters. The molecule has 114 valence electrons. The first-order valence-electron chi connectivity index (χ1n) is 6.89. The summed E-state index contributed by atoms with van der Waals surface area (Å²) >= 11 is 5.86. The summed E-state index contributed by atoms with van der Waals surface area (Å²) in [4.78, 5) is 24.5. The van der Waals surface area contributed by atoms with E-state index in [-0.39, 0.29) is 34.8 Å². The van der Waals surface area contributed by atoms with Crippen molar-refractivity contribution in [1.29, 1.82) is 0 Å². The molecule has 2 rings (SSSR count). The summed E-state index contributed by atoms with van der Waals surface area (Å²) in [6, 6.07) is 3.63. The number of nitro groups is 1. The molecule has 6 nitrogen and oxygen atoms in total. The van der Waals surface area contributed by atoms with Crippen molar-refractivity contribution in [3.05, 3.63) is 38.9 Å². The number of nitro benzene ring substituents is 1. The van der Waals surface area contributed by atoms with Gasteiger partial charge >= 0.3 is 0 Å². The van der Waals surface area contributed by atoms with Crippen LogP contribution in [0.2, 0.25) is 5.02 Å². The van der Waals surface area contributed by atoms with Gasteiger partial charge in [0.2, 0.25) is 0 Å². The summed E-state index contributed by atoms with van der Waals surface area (Å²) in [6.45, 7) is 0.443. The Morgan fingerprint density at radius 1 is 1.38 bits per heavy atom. The molecule has 0 radical (unpaired) electrons. The van der Waals surface area contributed by atoms with E-state index in [9.17, 15) is 20.0 Å². The Bertz CT molecular complexity index is 550. The van der Waals surface area contributed by atoms with Crippen molar-refractivity contribution in [2.45, 2.75) is 31.7 Å². The van der Waals surface area contributed by atoms with Crippen LogP contribution in [0.5, 0.6) is 0 Å². The van der Waals surface area contributed by atoms with Crippen molar-refractivity contribution in [3.8, 4) is 0 Å². The second-order valence-corrected chi connectivity index (χ2v) is 5.58.